The summed E-state index contributed by atoms with van der Waals surface area (Å²) in [4.78, 5) is 26.6. The van der Waals surface area contributed by atoms with E-state index in [9.17, 15) is 9.59 Å². The van der Waals surface area contributed by atoms with Gasteiger partial charge in [-0.1, -0.05) is 30.3 Å². The van der Waals surface area contributed by atoms with Crippen LogP contribution in [0.4, 0.5) is 0 Å². The van der Waals surface area contributed by atoms with Crippen LogP contribution < -0.4 is 5.32 Å². The van der Waals surface area contributed by atoms with Crippen LogP contribution in [-0.4, -0.2) is 28.3 Å². The lowest BCUT2D eigenvalue weighted by Gasteiger charge is -2.44. The zero-order valence-electron chi connectivity index (χ0n) is 14.2. The molecule has 0 bridgehead atoms. The maximum atomic E-state index is 12.5. The Bertz CT molecular complexity index is 616. The zero-order valence-corrected chi connectivity index (χ0v) is 14.2. The van der Waals surface area contributed by atoms with Crippen LogP contribution >= 0.6 is 0 Å². The Morgan fingerprint density at radius 1 is 1.08 bits per heavy atom. The number of amides is 2. The third kappa shape index (κ3) is 3.06. The van der Waals surface area contributed by atoms with E-state index in [-0.39, 0.29) is 17.4 Å². The van der Waals surface area contributed by atoms with E-state index in [0.717, 1.165) is 51.5 Å². The fourth-order valence-corrected chi connectivity index (χ4v) is 4.38. The number of carbonyl (C=O) groups excluding carboxylic acids is 2. The van der Waals surface area contributed by atoms with Gasteiger partial charge in [0.05, 0.1) is 0 Å². The van der Waals surface area contributed by atoms with Crippen LogP contribution in [0, 0.1) is 5.92 Å². The van der Waals surface area contributed by atoms with Crippen molar-refractivity contribution in [1.82, 2.24) is 10.2 Å². The van der Waals surface area contributed by atoms with Gasteiger partial charge in [0.2, 0.25) is 11.8 Å². The van der Waals surface area contributed by atoms with Gasteiger partial charge in [0.1, 0.15) is 0 Å². The second kappa shape index (κ2) is 6.23. The van der Waals surface area contributed by atoms with E-state index in [0.29, 0.717) is 18.4 Å². The van der Waals surface area contributed by atoms with Crippen LogP contribution in [0.25, 0.3) is 0 Å². The predicted molar refractivity (Wildman–Crippen MR) is 92.1 cm³/mol. The van der Waals surface area contributed by atoms with Crippen molar-refractivity contribution in [3.8, 4) is 0 Å². The van der Waals surface area contributed by atoms with Gasteiger partial charge in [-0.2, -0.15) is 0 Å². The molecule has 1 heterocycles. The van der Waals surface area contributed by atoms with Crippen molar-refractivity contribution in [3.63, 3.8) is 0 Å². The Labute approximate surface area is 143 Å². The predicted octanol–water partition coefficient (Wildman–Crippen LogP) is 3.02. The average Bonchev–Trinajstić information content (AvgIpc) is 3.41. The van der Waals surface area contributed by atoms with E-state index < -0.39 is 0 Å². The second-order valence-corrected chi connectivity index (χ2v) is 7.75. The minimum atomic E-state index is 0.0216. The Morgan fingerprint density at radius 2 is 1.79 bits per heavy atom. The van der Waals surface area contributed by atoms with Crippen molar-refractivity contribution in [2.45, 2.75) is 69.5 Å². The minimum Gasteiger partial charge on any atom is -0.353 e. The Balaban J connectivity index is 1.40. The quantitative estimate of drug-likeness (QED) is 0.924. The van der Waals surface area contributed by atoms with Crippen molar-refractivity contribution in [3.05, 3.63) is 35.9 Å². The summed E-state index contributed by atoms with van der Waals surface area (Å²) in [6, 6.07) is 10.6. The summed E-state index contributed by atoms with van der Waals surface area (Å²) in [6.07, 6.45) is 7.79. The number of rotatable bonds is 4. The molecule has 1 saturated heterocycles. The molecule has 24 heavy (non-hydrogen) atoms. The lowest BCUT2D eigenvalue weighted by molar-refractivity contribution is -0.133. The maximum Gasteiger partial charge on any atom is 0.223 e. The highest BCUT2D eigenvalue weighted by Gasteiger charge is 2.47. The Morgan fingerprint density at radius 3 is 2.46 bits per heavy atom. The Hall–Kier alpha value is -1.84. The van der Waals surface area contributed by atoms with Gasteiger partial charge in [0.15, 0.2) is 0 Å². The van der Waals surface area contributed by atoms with E-state index in [1.165, 1.54) is 5.56 Å². The molecule has 3 aliphatic rings. The molecule has 4 heteroatoms. The first kappa shape index (κ1) is 15.7. The molecule has 1 aliphatic heterocycles. The molecule has 2 aliphatic carbocycles. The molecular formula is C20H26N2O2. The second-order valence-electron chi connectivity index (χ2n) is 7.75. The summed E-state index contributed by atoms with van der Waals surface area (Å²) in [6.45, 7) is 0.721. The SMILES string of the molecule is O=C(NC1CCC2(CCC(=O)N2Cc2ccccc2)CC1)C1CC1. The maximum absolute atomic E-state index is 12.5. The van der Waals surface area contributed by atoms with E-state index in [1.807, 2.05) is 18.2 Å². The number of hydrogen-bond donors (Lipinski definition) is 1. The van der Waals surface area contributed by atoms with Crippen LogP contribution in [0.1, 0.15) is 56.9 Å². The van der Waals surface area contributed by atoms with E-state index >= 15 is 0 Å². The summed E-state index contributed by atoms with van der Waals surface area (Å²) in [5.41, 5.74) is 1.23. The molecule has 1 spiro atoms. The standard InChI is InChI=1S/C20H26N2O2/c23-18-10-13-20(22(18)14-15-4-2-1-3-5-15)11-8-17(9-12-20)21-19(24)16-6-7-16/h1-5,16-17H,6-14H2,(H,21,24). The molecule has 4 rings (SSSR count). The van der Waals surface area contributed by atoms with E-state index in [1.54, 1.807) is 0 Å². The van der Waals surface area contributed by atoms with Gasteiger partial charge in [-0.15, -0.1) is 0 Å². The highest BCUT2D eigenvalue weighted by atomic mass is 16.2. The van der Waals surface area contributed by atoms with Gasteiger partial charge in [-0.25, -0.2) is 0 Å². The van der Waals surface area contributed by atoms with E-state index in [4.69, 9.17) is 0 Å². The molecule has 0 atom stereocenters. The van der Waals surface area contributed by atoms with Gasteiger partial charge in [0.25, 0.3) is 0 Å². The molecule has 1 aromatic carbocycles. The monoisotopic (exact) mass is 326 g/mol. The first-order valence-corrected chi connectivity index (χ1v) is 9.31. The molecule has 128 valence electrons. The van der Waals surface area contributed by atoms with E-state index in [2.05, 4.69) is 22.3 Å². The van der Waals surface area contributed by atoms with Crippen LogP contribution in [0.5, 0.6) is 0 Å². The van der Waals surface area contributed by atoms with Crippen LogP contribution in [0.2, 0.25) is 0 Å². The molecule has 0 aromatic heterocycles. The zero-order chi connectivity index (χ0) is 16.6. The molecular weight excluding hydrogens is 300 g/mol. The average molecular weight is 326 g/mol. The summed E-state index contributed by atoms with van der Waals surface area (Å²) in [7, 11) is 0. The molecule has 0 radical (unpaired) electrons. The third-order valence-corrected chi connectivity index (χ3v) is 6.07. The fraction of sp³-hybridized carbons (Fsp3) is 0.600. The largest absolute Gasteiger partial charge is 0.353 e. The molecule has 4 nitrogen and oxygen atoms in total. The number of carbonyl (C=O) groups is 2. The van der Waals surface area contributed by atoms with Crippen molar-refractivity contribution in [1.29, 1.82) is 0 Å². The van der Waals surface area contributed by atoms with Gasteiger partial charge in [-0.05, 0) is 50.5 Å². The van der Waals surface area contributed by atoms with Crippen molar-refractivity contribution in [2.75, 3.05) is 0 Å². The normalized spacial score (nSPS) is 29.9. The van der Waals surface area contributed by atoms with Crippen molar-refractivity contribution in [2.24, 2.45) is 5.92 Å². The van der Waals surface area contributed by atoms with Crippen LogP contribution in [-0.2, 0) is 16.1 Å². The highest BCUT2D eigenvalue weighted by Crippen LogP contribution is 2.43. The lowest BCUT2D eigenvalue weighted by Crippen LogP contribution is -2.51. The van der Waals surface area contributed by atoms with Crippen molar-refractivity contribution >= 4 is 11.8 Å². The number of likely N-dealkylation sites (tertiary alicyclic amines) is 1. The van der Waals surface area contributed by atoms with Crippen LogP contribution in [0.15, 0.2) is 30.3 Å². The first-order valence-electron chi connectivity index (χ1n) is 9.31. The molecule has 0 unspecified atom stereocenters. The number of nitrogens with one attached hydrogen (secondary N) is 1. The van der Waals surface area contributed by atoms with Gasteiger partial charge in [-0.3, -0.25) is 9.59 Å². The van der Waals surface area contributed by atoms with Gasteiger partial charge in [0, 0.05) is 30.5 Å². The first-order chi connectivity index (χ1) is 11.7. The van der Waals surface area contributed by atoms with Crippen molar-refractivity contribution < 1.29 is 9.59 Å². The number of nitrogens with zero attached hydrogens (tertiary/aromatic N) is 1. The van der Waals surface area contributed by atoms with Gasteiger partial charge >= 0.3 is 0 Å². The molecule has 1 N–H and O–H groups in total. The number of benzene rings is 1. The summed E-state index contributed by atoms with van der Waals surface area (Å²) < 4.78 is 0. The smallest absolute Gasteiger partial charge is 0.223 e. The molecule has 3 fully saturated rings. The highest BCUT2D eigenvalue weighted by molar-refractivity contribution is 5.81. The summed E-state index contributed by atoms with van der Waals surface area (Å²) in [5, 5.41) is 3.22. The fourth-order valence-electron chi connectivity index (χ4n) is 4.38. The summed E-state index contributed by atoms with van der Waals surface area (Å²) >= 11 is 0. The molecule has 2 saturated carbocycles. The van der Waals surface area contributed by atoms with Crippen LogP contribution in [0.3, 0.4) is 0 Å². The molecule has 2 amide bonds. The summed E-state index contributed by atoms with van der Waals surface area (Å²) in [5.74, 6) is 0.822. The Kier molecular flexibility index (Phi) is 4.07. The lowest BCUT2D eigenvalue weighted by atomic mass is 9.77. The number of hydrogen-bond acceptors (Lipinski definition) is 2. The molecule has 1 aromatic rings. The van der Waals surface area contributed by atoms with Gasteiger partial charge < -0.3 is 10.2 Å². The minimum absolute atomic E-state index is 0.0216. The topological polar surface area (TPSA) is 49.4 Å². The third-order valence-electron chi connectivity index (χ3n) is 6.07.